The summed E-state index contributed by atoms with van der Waals surface area (Å²) in [5, 5.41) is 9.61. The fourth-order valence-corrected chi connectivity index (χ4v) is 4.01. The molecule has 0 bridgehead atoms. The second-order valence-electron chi connectivity index (χ2n) is 6.31. The monoisotopic (exact) mass is 499 g/mol. The third kappa shape index (κ3) is 5.11. The van der Waals surface area contributed by atoms with Gasteiger partial charge in [0.05, 0.1) is 23.9 Å². The first-order valence-corrected chi connectivity index (χ1v) is 10.9. The number of nitrogens with zero attached hydrogens (tertiary/aromatic N) is 3. The van der Waals surface area contributed by atoms with E-state index in [-0.39, 0.29) is 12.5 Å². The Morgan fingerprint density at radius 3 is 2.50 bits per heavy atom. The van der Waals surface area contributed by atoms with E-state index in [1.807, 2.05) is 48.5 Å². The molecule has 0 unspecified atom stereocenters. The number of amides is 1. The van der Waals surface area contributed by atoms with Gasteiger partial charge in [-0.3, -0.25) is 9.69 Å². The van der Waals surface area contributed by atoms with E-state index in [1.165, 1.54) is 11.8 Å². The summed E-state index contributed by atoms with van der Waals surface area (Å²) in [4.78, 5) is 15.1. The maximum atomic E-state index is 13.0. The molecular formula is C22H15BrClN3O2S. The Morgan fingerprint density at radius 1 is 1.07 bits per heavy atom. The summed E-state index contributed by atoms with van der Waals surface area (Å²) in [5.74, 6) is 0.519. The van der Waals surface area contributed by atoms with Crippen LogP contribution in [0.15, 0.2) is 90.9 Å². The topological polar surface area (TPSA) is 58.2 Å². The molecule has 1 saturated heterocycles. The van der Waals surface area contributed by atoms with Crippen LogP contribution in [0, 0.1) is 0 Å². The molecule has 2 heterocycles. The van der Waals surface area contributed by atoms with Crippen molar-refractivity contribution < 1.29 is 9.21 Å². The highest BCUT2D eigenvalue weighted by Gasteiger charge is 2.34. The van der Waals surface area contributed by atoms with Crippen molar-refractivity contribution in [1.29, 1.82) is 0 Å². The first kappa shape index (κ1) is 20.7. The summed E-state index contributed by atoms with van der Waals surface area (Å²) < 4.78 is 6.40. The Bertz CT molecular complexity index is 1120. The average molecular weight is 501 g/mol. The molecule has 2 aromatic carbocycles. The largest absolute Gasteiger partial charge is 0.467 e. The van der Waals surface area contributed by atoms with Gasteiger partial charge in [0.25, 0.3) is 5.91 Å². The van der Waals surface area contributed by atoms with Gasteiger partial charge in [0, 0.05) is 9.50 Å². The maximum Gasteiger partial charge on any atom is 0.267 e. The van der Waals surface area contributed by atoms with Gasteiger partial charge in [-0.05, 0) is 65.4 Å². The molecule has 8 heteroatoms. The zero-order valence-corrected chi connectivity index (χ0v) is 18.7. The molecule has 0 N–H and O–H groups in total. The van der Waals surface area contributed by atoms with Gasteiger partial charge in [-0.25, -0.2) is 0 Å². The molecule has 0 saturated carbocycles. The molecule has 0 radical (unpaired) electrons. The first-order chi connectivity index (χ1) is 14.6. The van der Waals surface area contributed by atoms with Crippen LogP contribution in [-0.2, 0) is 11.3 Å². The zero-order valence-electron chi connectivity index (χ0n) is 15.5. The van der Waals surface area contributed by atoms with Crippen LogP contribution >= 0.6 is 39.3 Å². The average Bonchev–Trinajstić information content (AvgIpc) is 3.35. The van der Waals surface area contributed by atoms with Crippen molar-refractivity contribution in [3.8, 4) is 0 Å². The molecule has 1 amide bonds. The van der Waals surface area contributed by atoms with Gasteiger partial charge in [-0.2, -0.15) is 5.10 Å². The molecule has 0 atom stereocenters. The number of halogens is 2. The molecule has 1 aliphatic heterocycles. The summed E-state index contributed by atoms with van der Waals surface area (Å²) in [6.45, 7) is 0.281. The smallest absolute Gasteiger partial charge is 0.267 e. The summed E-state index contributed by atoms with van der Waals surface area (Å²) in [6.07, 6.45) is 5.05. The fraction of sp³-hybridized carbons (Fsp3) is 0.0455. The summed E-state index contributed by atoms with van der Waals surface area (Å²) in [6, 6.07) is 18.6. The third-order valence-corrected chi connectivity index (χ3v) is 5.95. The van der Waals surface area contributed by atoms with Crippen molar-refractivity contribution in [2.24, 2.45) is 10.2 Å². The van der Waals surface area contributed by atoms with Crippen LogP contribution in [0.1, 0.15) is 16.9 Å². The molecule has 3 aromatic rings. The predicted molar refractivity (Wildman–Crippen MR) is 125 cm³/mol. The minimum Gasteiger partial charge on any atom is -0.467 e. The van der Waals surface area contributed by atoms with Crippen LogP contribution in [0.25, 0.3) is 6.08 Å². The van der Waals surface area contributed by atoms with Gasteiger partial charge in [0.1, 0.15) is 5.76 Å². The molecule has 0 aliphatic carbocycles. The predicted octanol–water partition coefficient (Wildman–Crippen LogP) is 6.20. The summed E-state index contributed by atoms with van der Waals surface area (Å²) in [5.41, 5.74) is 1.79. The zero-order chi connectivity index (χ0) is 20.9. The highest BCUT2D eigenvalue weighted by Crippen LogP contribution is 2.34. The molecule has 30 heavy (non-hydrogen) atoms. The van der Waals surface area contributed by atoms with E-state index in [0.717, 1.165) is 15.6 Å². The van der Waals surface area contributed by atoms with E-state index in [1.54, 1.807) is 35.6 Å². The van der Waals surface area contributed by atoms with Crippen molar-refractivity contribution in [1.82, 2.24) is 4.90 Å². The van der Waals surface area contributed by atoms with Crippen molar-refractivity contribution in [3.63, 3.8) is 0 Å². The van der Waals surface area contributed by atoms with Crippen molar-refractivity contribution in [2.45, 2.75) is 6.54 Å². The number of hydrogen-bond acceptors (Lipinski definition) is 5. The Labute approximate surface area is 191 Å². The van der Waals surface area contributed by atoms with Gasteiger partial charge < -0.3 is 4.42 Å². The lowest BCUT2D eigenvalue weighted by Gasteiger charge is -2.12. The first-order valence-electron chi connectivity index (χ1n) is 8.94. The van der Waals surface area contributed by atoms with Gasteiger partial charge in [-0.1, -0.05) is 51.8 Å². The van der Waals surface area contributed by atoms with E-state index < -0.39 is 0 Å². The molecule has 4 rings (SSSR count). The van der Waals surface area contributed by atoms with E-state index in [2.05, 4.69) is 26.1 Å². The second kappa shape index (κ2) is 9.47. The minimum atomic E-state index is -0.149. The molecular weight excluding hydrogens is 486 g/mol. The number of carbonyl (C=O) groups excluding carboxylic acids is 1. The molecule has 1 aliphatic rings. The number of benzene rings is 2. The number of rotatable bonds is 5. The van der Waals surface area contributed by atoms with E-state index >= 15 is 0 Å². The van der Waals surface area contributed by atoms with Gasteiger partial charge in [-0.15, -0.1) is 5.10 Å². The molecule has 1 fully saturated rings. The van der Waals surface area contributed by atoms with Gasteiger partial charge in [0.2, 0.25) is 0 Å². The number of amidine groups is 1. The standard InChI is InChI=1S/C22H15BrClN3O2S/c23-17-7-3-16(4-8-17)13-25-26-22-27(14-19-2-1-11-29-19)21(28)20(30-22)12-15-5-9-18(24)10-6-15/h1-13H,14H2/b20-12-,25-13-,26-22+. The number of hydrogen-bond donors (Lipinski definition) is 0. The van der Waals surface area contributed by atoms with Crippen LogP contribution in [0.5, 0.6) is 0 Å². The van der Waals surface area contributed by atoms with Crippen LogP contribution in [0.4, 0.5) is 0 Å². The quantitative estimate of drug-likeness (QED) is 0.238. The Hall–Kier alpha value is -2.61. The van der Waals surface area contributed by atoms with Crippen molar-refractivity contribution in [2.75, 3.05) is 0 Å². The molecule has 1 aromatic heterocycles. The fourth-order valence-electron chi connectivity index (χ4n) is 2.68. The normalized spacial score (nSPS) is 17.0. The molecule has 0 spiro atoms. The number of thioether (sulfide) groups is 1. The Morgan fingerprint density at radius 2 is 1.80 bits per heavy atom. The van der Waals surface area contributed by atoms with Crippen LogP contribution in [0.3, 0.4) is 0 Å². The summed E-state index contributed by atoms with van der Waals surface area (Å²) in [7, 11) is 0. The van der Waals surface area contributed by atoms with E-state index in [0.29, 0.717) is 20.9 Å². The van der Waals surface area contributed by atoms with E-state index in [4.69, 9.17) is 16.0 Å². The second-order valence-corrected chi connectivity index (χ2v) is 8.67. The van der Waals surface area contributed by atoms with Crippen molar-refractivity contribution in [3.05, 3.63) is 98.2 Å². The third-order valence-electron chi connectivity index (χ3n) is 4.17. The maximum absolute atomic E-state index is 13.0. The lowest BCUT2D eigenvalue weighted by molar-refractivity contribution is -0.122. The van der Waals surface area contributed by atoms with Gasteiger partial charge in [0.15, 0.2) is 5.17 Å². The summed E-state index contributed by atoms with van der Waals surface area (Å²) >= 11 is 10.6. The van der Waals surface area contributed by atoms with Crippen LogP contribution in [-0.4, -0.2) is 22.2 Å². The van der Waals surface area contributed by atoms with E-state index in [9.17, 15) is 4.79 Å². The van der Waals surface area contributed by atoms with Crippen molar-refractivity contribution >= 4 is 62.7 Å². The lowest BCUT2D eigenvalue weighted by atomic mass is 10.2. The molecule has 150 valence electrons. The Balaban J connectivity index is 1.60. The highest BCUT2D eigenvalue weighted by molar-refractivity contribution is 9.10. The number of carbonyl (C=O) groups is 1. The molecule has 5 nitrogen and oxygen atoms in total. The SMILES string of the molecule is O=C1/C(=C/c2ccc(Cl)cc2)S/C(=N/N=C\c2ccc(Br)cc2)N1Cc1ccco1. The number of furan rings is 1. The van der Waals surface area contributed by atoms with Gasteiger partial charge >= 0.3 is 0 Å². The van der Waals surface area contributed by atoms with Crippen LogP contribution < -0.4 is 0 Å². The lowest BCUT2D eigenvalue weighted by Crippen LogP contribution is -2.28. The van der Waals surface area contributed by atoms with Crippen LogP contribution in [0.2, 0.25) is 5.02 Å². The minimum absolute atomic E-state index is 0.149. The highest BCUT2D eigenvalue weighted by atomic mass is 79.9. The Kier molecular flexibility index (Phi) is 6.52.